The van der Waals surface area contributed by atoms with E-state index in [4.69, 9.17) is 9.47 Å². The molecule has 3 rings (SSSR count). The van der Waals surface area contributed by atoms with Gasteiger partial charge in [0.25, 0.3) is 0 Å². The summed E-state index contributed by atoms with van der Waals surface area (Å²) in [7, 11) is 0. The van der Waals surface area contributed by atoms with Crippen LogP contribution in [0.3, 0.4) is 0 Å². The minimum absolute atomic E-state index is 0.0740. The molecule has 1 aromatic heterocycles. The van der Waals surface area contributed by atoms with E-state index >= 15 is 0 Å². The Morgan fingerprint density at radius 2 is 1.70 bits per heavy atom. The van der Waals surface area contributed by atoms with Crippen molar-refractivity contribution >= 4 is 18.0 Å². The van der Waals surface area contributed by atoms with Crippen LogP contribution in [0.5, 0.6) is 0 Å². The van der Waals surface area contributed by atoms with E-state index in [9.17, 15) is 9.59 Å². The van der Waals surface area contributed by atoms with Crippen LogP contribution < -0.4 is 4.90 Å². The SMILES string of the molecule is CC(C)(C)OC(=O)N(c1ncccc1[C@@H]1CCCN1C(=O)OC(C)(C)C)C1CCC1. The van der Waals surface area contributed by atoms with Crippen LogP contribution in [0, 0.1) is 0 Å². The van der Waals surface area contributed by atoms with E-state index < -0.39 is 11.2 Å². The maximum atomic E-state index is 13.1. The lowest BCUT2D eigenvalue weighted by Crippen LogP contribution is -2.48. The molecule has 0 spiro atoms. The second-order valence-electron chi connectivity index (χ2n) is 10.2. The van der Waals surface area contributed by atoms with E-state index in [0.29, 0.717) is 12.4 Å². The summed E-state index contributed by atoms with van der Waals surface area (Å²) >= 11 is 0. The van der Waals surface area contributed by atoms with Gasteiger partial charge in [-0.05, 0) is 79.7 Å². The molecule has 1 aliphatic heterocycles. The van der Waals surface area contributed by atoms with Crippen molar-refractivity contribution in [3.8, 4) is 0 Å². The highest BCUT2D eigenvalue weighted by molar-refractivity contribution is 5.88. The van der Waals surface area contributed by atoms with Crippen molar-refractivity contribution in [3.05, 3.63) is 23.9 Å². The first kappa shape index (κ1) is 22.4. The largest absolute Gasteiger partial charge is 0.444 e. The fourth-order valence-electron chi connectivity index (χ4n) is 3.86. The molecule has 0 unspecified atom stereocenters. The minimum atomic E-state index is -0.593. The van der Waals surface area contributed by atoms with Crippen LogP contribution in [0.25, 0.3) is 0 Å². The van der Waals surface area contributed by atoms with E-state index in [-0.39, 0.29) is 24.3 Å². The third-order valence-corrected chi connectivity index (χ3v) is 5.31. The van der Waals surface area contributed by atoms with Crippen LogP contribution in [0.2, 0.25) is 0 Å². The van der Waals surface area contributed by atoms with Gasteiger partial charge in [-0.2, -0.15) is 0 Å². The molecule has 2 heterocycles. The quantitative estimate of drug-likeness (QED) is 0.654. The lowest BCUT2D eigenvalue weighted by molar-refractivity contribution is 0.0224. The summed E-state index contributed by atoms with van der Waals surface area (Å²) < 4.78 is 11.3. The Kier molecular flexibility index (Phi) is 6.29. The van der Waals surface area contributed by atoms with Crippen LogP contribution in [0.15, 0.2) is 18.3 Å². The maximum absolute atomic E-state index is 13.1. The number of carbonyl (C=O) groups excluding carboxylic acids is 2. The van der Waals surface area contributed by atoms with Gasteiger partial charge in [-0.15, -0.1) is 0 Å². The zero-order chi connectivity index (χ0) is 22.1. The van der Waals surface area contributed by atoms with Gasteiger partial charge >= 0.3 is 12.2 Å². The van der Waals surface area contributed by atoms with Crippen LogP contribution in [-0.2, 0) is 9.47 Å². The molecule has 1 atom stereocenters. The second kappa shape index (κ2) is 8.44. The Morgan fingerprint density at radius 3 is 2.27 bits per heavy atom. The van der Waals surface area contributed by atoms with Crippen LogP contribution in [0.1, 0.15) is 85.3 Å². The molecule has 1 saturated heterocycles. The fourth-order valence-corrected chi connectivity index (χ4v) is 3.86. The average Bonchev–Trinajstić information content (AvgIpc) is 3.04. The van der Waals surface area contributed by atoms with Crippen molar-refractivity contribution in [1.29, 1.82) is 0 Å². The Hall–Kier alpha value is -2.31. The first-order valence-electron chi connectivity index (χ1n) is 10.9. The number of carbonyl (C=O) groups is 2. The summed E-state index contributed by atoms with van der Waals surface area (Å²) in [5.41, 5.74) is -0.279. The molecule has 0 aromatic carbocycles. The highest BCUT2D eigenvalue weighted by atomic mass is 16.6. The summed E-state index contributed by atoms with van der Waals surface area (Å²) in [5.74, 6) is 0.594. The predicted molar refractivity (Wildman–Crippen MR) is 116 cm³/mol. The molecule has 0 bridgehead atoms. The molecular weight excluding hydrogens is 382 g/mol. The van der Waals surface area contributed by atoms with Crippen molar-refractivity contribution in [2.24, 2.45) is 0 Å². The number of hydrogen-bond donors (Lipinski definition) is 0. The molecule has 7 nitrogen and oxygen atoms in total. The normalized spacial score (nSPS) is 19.9. The lowest BCUT2D eigenvalue weighted by atomic mass is 9.91. The number of hydrogen-bond acceptors (Lipinski definition) is 5. The van der Waals surface area contributed by atoms with Gasteiger partial charge in [0.15, 0.2) is 0 Å². The Balaban J connectivity index is 1.93. The molecule has 166 valence electrons. The van der Waals surface area contributed by atoms with E-state index in [2.05, 4.69) is 4.98 Å². The molecule has 2 fully saturated rings. The standard InChI is InChI=1S/C23H35N3O4/c1-22(2,3)29-20(27)25-15-9-13-18(25)17-12-8-14-24-19(17)26(16-10-7-11-16)21(28)30-23(4,5)6/h8,12,14,16,18H,7,9-11,13,15H2,1-6H3/t18-/m0/s1. The molecule has 0 N–H and O–H groups in total. The zero-order valence-corrected chi connectivity index (χ0v) is 19.1. The molecule has 2 amide bonds. The highest BCUT2D eigenvalue weighted by Crippen LogP contribution is 2.40. The van der Waals surface area contributed by atoms with Gasteiger partial charge in [0.05, 0.1) is 6.04 Å². The molecule has 1 aromatic rings. The minimum Gasteiger partial charge on any atom is -0.444 e. The monoisotopic (exact) mass is 417 g/mol. The smallest absolute Gasteiger partial charge is 0.416 e. The Bertz CT molecular complexity index is 777. The van der Waals surface area contributed by atoms with E-state index in [1.54, 1.807) is 16.0 Å². The zero-order valence-electron chi connectivity index (χ0n) is 19.1. The van der Waals surface area contributed by atoms with Gasteiger partial charge in [-0.3, -0.25) is 4.90 Å². The molecule has 2 aliphatic rings. The van der Waals surface area contributed by atoms with Crippen molar-refractivity contribution < 1.29 is 19.1 Å². The number of anilines is 1. The first-order chi connectivity index (χ1) is 14.0. The van der Waals surface area contributed by atoms with Gasteiger partial charge in [0.1, 0.15) is 17.0 Å². The summed E-state index contributed by atoms with van der Waals surface area (Å²) in [6.45, 7) is 11.8. The number of likely N-dealkylation sites (tertiary alicyclic amines) is 1. The number of amides is 2. The van der Waals surface area contributed by atoms with Gasteiger partial charge in [0.2, 0.25) is 0 Å². The molecule has 0 radical (unpaired) electrons. The summed E-state index contributed by atoms with van der Waals surface area (Å²) in [4.78, 5) is 34.0. The van der Waals surface area contributed by atoms with Crippen LogP contribution in [-0.4, -0.2) is 45.9 Å². The van der Waals surface area contributed by atoms with Crippen molar-refractivity contribution in [2.45, 2.75) is 96.9 Å². The third-order valence-electron chi connectivity index (χ3n) is 5.31. The summed E-state index contributed by atoms with van der Waals surface area (Å²) in [6, 6.07) is 3.72. The van der Waals surface area contributed by atoms with E-state index in [1.807, 2.05) is 53.7 Å². The van der Waals surface area contributed by atoms with Crippen molar-refractivity contribution in [3.63, 3.8) is 0 Å². The maximum Gasteiger partial charge on any atom is 0.416 e. The molecular formula is C23H35N3O4. The van der Waals surface area contributed by atoms with Gasteiger partial charge in [-0.25, -0.2) is 14.6 Å². The van der Waals surface area contributed by atoms with Crippen LogP contribution >= 0.6 is 0 Å². The average molecular weight is 418 g/mol. The summed E-state index contributed by atoms with van der Waals surface area (Å²) in [5, 5.41) is 0. The second-order valence-corrected chi connectivity index (χ2v) is 10.2. The highest BCUT2D eigenvalue weighted by Gasteiger charge is 2.39. The number of ether oxygens (including phenoxy) is 2. The molecule has 30 heavy (non-hydrogen) atoms. The topological polar surface area (TPSA) is 72.0 Å². The predicted octanol–water partition coefficient (Wildman–Crippen LogP) is 5.45. The number of rotatable bonds is 3. The van der Waals surface area contributed by atoms with E-state index in [0.717, 1.165) is 37.7 Å². The fraction of sp³-hybridized carbons (Fsp3) is 0.696. The number of nitrogens with zero attached hydrogens (tertiary/aromatic N) is 3. The van der Waals surface area contributed by atoms with Gasteiger partial charge < -0.3 is 14.4 Å². The first-order valence-corrected chi connectivity index (χ1v) is 10.9. The molecule has 1 aliphatic carbocycles. The third kappa shape index (κ3) is 5.24. The summed E-state index contributed by atoms with van der Waals surface area (Å²) in [6.07, 6.45) is 5.62. The van der Waals surface area contributed by atoms with Crippen molar-refractivity contribution in [1.82, 2.24) is 9.88 Å². The molecule has 1 saturated carbocycles. The van der Waals surface area contributed by atoms with Gasteiger partial charge in [-0.1, -0.05) is 6.07 Å². The molecule has 7 heteroatoms. The lowest BCUT2D eigenvalue weighted by Gasteiger charge is -2.39. The van der Waals surface area contributed by atoms with Crippen LogP contribution in [0.4, 0.5) is 15.4 Å². The van der Waals surface area contributed by atoms with Crippen molar-refractivity contribution in [2.75, 3.05) is 11.4 Å². The Morgan fingerprint density at radius 1 is 1.03 bits per heavy atom. The van der Waals surface area contributed by atoms with E-state index in [1.165, 1.54) is 0 Å². The Labute approximate surface area is 179 Å². The number of aromatic nitrogens is 1. The number of pyridine rings is 1. The van der Waals surface area contributed by atoms with Gasteiger partial charge in [0, 0.05) is 24.3 Å².